The standard InChI is InChI=1S/C13H23NO3/c1-14(2)11(10-4-8-17-9-5-10)13(12(15)16)6-3-7-13/h10-11H,3-9H2,1-2H3,(H,15,16). The van der Waals surface area contributed by atoms with E-state index in [1.54, 1.807) is 0 Å². The molecule has 1 atom stereocenters. The number of aliphatic carboxylic acids is 1. The molecule has 4 nitrogen and oxygen atoms in total. The van der Waals surface area contributed by atoms with E-state index in [0.717, 1.165) is 45.3 Å². The second-order valence-electron chi connectivity index (χ2n) is 5.67. The highest BCUT2D eigenvalue weighted by Gasteiger charge is 2.53. The second kappa shape index (κ2) is 4.94. The van der Waals surface area contributed by atoms with Crippen LogP contribution in [0.3, 0.4) is 0 Å². The molecular weight excluding hydrogens is 218 g/mol. The molecule has 0 spiro atoms. The van der Waals surface area contributed by atoms with E-state index < -0.39 is 11.4 Å². The third kappa shape index (κ3) is 2.20. The lowest BCUT2D eigenvalue weighted by molar-refractivity contribution is -0.164. The van der Waals surface area contributed by atoms with Crippen LogP contribution in [0.1, 0.15) is 32.1 Å². The molecule has 1 heterocycles. The van der Waals surface area contributed by atoms with E-state index in [2.05, 4.69) is 4.90 Å². The molecule has 0 radical (unpaired) electrons. The highest BCUT2D eigenvalue weighted by atomic mass is 16.5. The summed E-state index contributed by atoms with van der Waals surface area (Å²) in [6.45, 7) is 1.56. The van der Waals surface area contributed by atoms with Crippen molar-refractivity contribution in [1.29, 1.82) is 0 Å². The van der Waals surface area contributed by atoms with Gasteiger partial charge in [0.15, 0.2) is 0 Å². The summed E-state index contributed by atoms with van der Waals surface area (Å²) < 4.78 is 5.39. The lowest BCUT2D eigenvalue weighted by Gasteiger charge is -2.50. The van der Waals surface area contributed by atoms with Crippen molar-refractivity contribution < 1.29 is 14.6 Å². The molecule has 2 fully saturated rings. The summed E-state index contributed by atoms with van der Waals surface area (Å²) in [5, 5.41) is 9.58. The zero-order valence-corrected chi connectivity index (χ0v) is 10.8. The van der Waals surface area contributed by atoms with Gasteiger partial charge in [0.1, 0.15) is 0 Å². The summed E-state index contributed by atoms with van der Waals surface area (Å²) in [4.78, 5) is 13.8. The van der Waals surface area contributed by atoms with Gasteiger partial charge in [-0.15, -0.1) is 0 Å². The van der Waals surface area contributed by atoms with Gasteiger partial charge >= 0.3 is 5.97 Å². The molecule has 0 aromatic rings. The summed E-state index contributed by atoms with van der Waals surface area (Å²) in [6, 6.07) is 0.164. The minimum atomic E-state index is -0.603. The Balaban J connectivity index is 2.18. The molecule has 1 saturated carbocycles. The first kappa shape index (κ1) is 12.8. The third-order valence-electron chi connectivity index (χ3n) is 4.51. The minimum Gasteiger partial charge on any atom is -0.481 e. The molecule has 2 aliphatic rings. The third-order valence-corrected chi connectivity index (χ3v) is 4.51. The zero-order valence-electron chi connectivity index (χ0n) is 10.8. The van der Waals surface area contributed by atoms with Gasteiger partial charge in [-0.25, -0.2) is 0 Å². The fraction of sp³-hybridized carbons (Fsp3) is 0.923. The fourth-order valence-electron chi connectivity index (χ4n) is 3.59. The summed E-state index contributed by atoms with van der Waals surface area (Å²) in [5.41, 5.74) is -0.495. The average Bonchev–Trinajstić information content (AvgIpc) is 2.23. The molecule has 4 heteroatoms. The van der Waals surface area contributed by atoms with Crippen LogP contribution in [0.4, 0.5) is 0 Å². The molecule has 17 heavy (non-hydrogen) atoms. The number of hydrogen-bond donors (Lipinski definition) is 1. The summed E-state index contributed by atoms with van der Waals surface area (Å²) in [6.07, 6.45) is 4.72. The van der Waals surface area contributed by atoms with E-state index in [0.29, 0.717) is 5.92 Å². The Morgan fingerprint density at radius 2 is 1.94 bits per heavy atom. The first-order chi connectivity index (χ1) is 8.08. The molecule has 1 unspecified atom stereocenters. The van der Waals surface area contributed by atoms with Crippen LogP contribution in [-0.2, 0) is 9.53 Å². The normalized spacial score (nSPS) is 26.5. The van der Waals surface area contributed by atoms with E-state index in [1.165, 1.54) is 0 Å². The number of carbonyl (C=O) groups is 1. The van der Waals surface area contributed by atoms with E-state index in [1.807, 2.05) is 14.1 Å². The molecule has 1 aliphatic heterocycles. The lowest BCUT2D eigenvalue weighted by Crippen LogP contribution is -2.57. The molecule has 98 valence electrons. The highest BCUT2D eigenvalue weighted by Crippen LogP contribution is 2.49. The first-order valence-corrected chi connectivity index (χ1v) is 6.55. The van der Waals surface area contributed by atoms with E-state index >= 15 is 0 Å². The fourth-order valence-corrected chi connectivity index (χ4v) is 3.59. The Morgan fingerprint density at radius 3 is 2.29 bits per heavy atom. The maximum Gasteiger partial charge on any atom is 0.311 e. The number of ether oxygens (including phenoxy) is 1. The average molecular weight is 241 g/mol. The molecular formula is C13H23NO3. The summed E-state index contributed by atoms with van der Waals surface area (Å²) >= 11 is 0. The molecule has 0 aromatic heterocycles. The smallest absolute Gasteiger partial charge is 0.311 e. The van der Waals surface area contributed by atoms with Gasteiger partial charge in [-0.1, -0.05) is 6.42 Å². The van der Waals surface area contributed by atoms with Crippen LogP contribution in [0, 0.1) is 11.3 Å². The van der Waals surface area contributed by atoms with Crippen molar-refractivity contribution in [2.24, 2.45) is 11.3 Å². The van der Waals surface area contributed by atoms with Gasteiger partial charge in [-0.05, 0) is 45.7 Å². The Hall–Kier alpha value is -0.610. The van der Waals surface area contributed by atoms with E-state index in [9.17, 15) is 9.90 Å². The molecule has 1 N–H and O–H groups in total. The van der Waals surface area contributed by atoms with Crippen molar-refractivity contribution in [1.82, 2.24) is 4.90 Å². The van der Waals surface area contributed by atoms with E-state index in [4.69, 9.17) is 4.74 Å². The number of nitrogens with zero attached hydrogens (tertiary/aromatic N) is 1. The van der Waals surface area contributed by atoms with Gasteiger partial charge in [0.25, 0.3) is 0 Å². The molecule has 2 rings (SSSR count). The summed E-state index contributed by atoms with van der Waals surface area (Å²) in [7, 11) is 4.03. The Kier molecular flexibility index (Phi) is 3.73. The quantitative estimate of drug-likeness (QED) is 0.812. The van der Waals surface area contributed by atoms with Crippen LogP contribution >= 0.6 is 0 Å². The predicted octanol–water partition coefficient (Wildman–Crippen LogP) is 1.60. The lowest BCUT2D eigenvalue weighted by atomic mass is 9.59. The highest BCUT2D eigenvalue weighted by molar-refractivity contribution is 5.76. The van der Waals surface area contributed by atoms with Gasteiger partial charge in [0.05, 0.1) is 5.41 Å². The largest absolute Gasteiger partial charge is 0.481 e. The topological polar surface area (TPSA) is 49.8 Å². The Morgan fingerprint density at radius 1 is 1.35 bits per heavy atom. The second-order valence-corrected chi connectivity index (χ2v) is 5.67. The molecule has 0 bridgehead atoms. The van der Waals surface area contributed by atoms with Gasteiger partial charge in [-0.2, -0.15) is 0 Å². The van der Waals surface area contributed by atoms with Crippen molar-refractivity contribution in [3.63, 3.8) is 0 Å². The molecule has 1 saturated heterocycles. The van der Waals surface area contributed by atoms with Crippen molar-refractivity contribution >= 4 is 5.97 Å². The van der Waals surface area contributed by atoms with Crippen LogP contribution in [0.5, 0.6) is 0 Å². The van der Waals surface area contributed by atoms with Crippen molar-refractivity contribution in [3.8, 4) is 0 Å². The number of hydrogen-bond acceptors (Lipinski definition) is 3. The Bertz CT molecular complexity index is 280. The number of rotatable bonds is 4. The Labute approximate surface area is 103 Å². The van der Waals surface area contributed by atoms with Crippen molar-refractivity contribution in [2.45, 2.75) is 38.1 Å². The van der Waals surface area contributed by atoms with Gasteiger partial charge in [-0.3, -0.25) is 4.79 Å². The SMILES string of the molecule is CN(C)C(C1CCOCC1)C1(C(=O)O)CCC1. The van der Waals surface area contributed by atoms with Crippen LogP contribution < -0.4 is 0 Å². The predicted molar refractivity (Wildman–Crippen MR) is 64.9 cm³/mol. The van der Waals surface area contributed by atoms with Gasteiger partial charge in [0, 0.05) is 19.3 Å². The van der Waals surface area contributed by atoms with Crippen LogP contribution in [-0.4, -0.2) is 49.3 Å². The van der Waals surface area contributed by atoms with Crippen LogP contribution in [0.25, 0.3) is 0 Å². The first-order valence-electron chi connectivity index (χ1n) is 6.55. The molecule has 0 aromatic carbocycles. The monoisotopic (exact) mass is 241 g/mol. The number of carboxylic acids is 1. The van der Waals surface area contributed by atoms with Gasteiger partial charge < -0.3 is 14.7 Å². The minimum absolute atomic E-state index is 0.164. The molecule has 1 aliphatic carbocycles. The van der Waals surface area contributed by atoms with E-state index in [-0.39, 0.29) is 6.04 Å². The van der Waals surface area contributed by atoms with Crippen molar-refractivity contribution in [2.75, 3.05) is 27.3 Å². The number of carboxylic acid groups (broad SMARTS) is 1. The van der Waals surface area contributed by atoms with Crippen LogP contribution in [0.2, 0.25) is 0 Å². The maximum absolute atomic E-state index is 11.6. The van der Waals surface area contributed by atoms with Crippen molar-refractivity contribution in [3.05, 3.63) is 0 Å². The maximum atomic E-state index is 11.6. The van der Waals surface area contributed by atoms with Gasteiger partial charge in [0.2, 0.25) is 0 Å². The van der Waals surface area contributed by atoms with Crippen LogP contribution in [0.15, 0.2) is 0 Å². The summed E-state index contributed by atoms with van der Waals surface area (Å²) in [5.74, 6) is -0.135. The molecule has 0 amide bonds. The zero-order chi connectivity index (χ0) is 12.5.